The number of rotatable bonds is 8. The summed E-state index contributed by atoms with van der Waals surface area (Å²) in [6.45, 7) is 24.1. The van der Waals surface area contributed by atoms with Gasteiger partial charge in [0.05, 0.1) is 0 Å². The van der Waals surface area contributed by atoms with Crippen LogP contribution < -0.4 is 0 Å². The summed E-state index contributed by atoms with van der Waals surface area (Å²) in [5.74, 6) is 0. The summed E-state index contributed by atoms with van der Waals surface area (Å²) in [6, 6.07) is 0. The van der Waals surface area contributed by atoms with Crippen molar-refractivity contribution >= 4 is 0 Å². The summed E-state index contributed by atoms with van der Waals surface area (Å²) >= 11 is 0. The van der Waals surface area contributed by atoms with Gasteiger partial charge in [0.25, 0.3) is 0 Å². The topological polar surface area (TPSA) is 56.4 Å². The molecule has 0 aromatic rings. The first-order chi connectivity index (χ1) is 9.66. The van der Waals surface area contributed by atoms with Gasteiger partial charge in [-0.1, -0.05) is 55.4 Å². The van der Waals surface area contributed by atoms with Gasteiger partial charge >= 0.3 is 19.5 Å². The van der Waals surface area contributed by atoms with E-state index in [2.05, 4.69) is 21.3 Å². The molecule has 0 radical (unpaired) electrons. The maximum atomic E-state index is 3.97. The second-order valence-electron chi connectivity index (χ2n) is 3.42. The van der Waals surface area contributed by atoms with Crippen LogP contribution in [0.3, 0.4) is 0 Å². The number of hydrogen-bond donors (Lipinski definition) is 0. The molecule has 0 amide bonds. The van der Waals surface area contributed by atoms with E-state index in [-0.39, 0.29) is 19.5 Å². The van der Waals surface area contributed by atoms with Crippen LogP contribution in [0.4, 0.5) is 0 Å². The molecule has 0 saturated carbocycles. The molecule has 0 aliphatic heterocycles. The van der Waals surface area contributed by atoms with Crippen LogP contribution in [0.5, 0.6) is 0 Å². The Morgan fingerprint density at radius 1 is 0.333 bits per heavy atom. The number of hydrogen-bond acceptors (Lipinski definition) is 0. The zero-order valence-electron chi connectivity index (χ0n) is 15.8. The van der Waals surface area contributed by atoms with E-state index in [1.165, 1.54) is 0 Å². The third kappa shape index (κ3) is 97.4. The van der Waals surface area contributed by atoms with Gasteiger partial charge in [-0.15, -0.1) is 0 Å². The molecule has 0 N–H and O–H groups in total. The summed E-state index contributed by atoms with van der Waals surface area (Å²) in [5.41, 5.74) is 0. The Bertz CT molecular complexity index is 74.3. The summed E-state index contributed by atoms with van der Waals surface area (Å²) in [5, 5.41) is 15.9. The van der Waals surface area contributed by atoms with Crippen LogP contribution in [0, 0.1) is 0 Å². The van der Waals surface area contributed by atoms with Gasteiger partial charge in [-0.25, -0.2) is 0 Å². The summed E-state index contributed by atoms with van der Waals surface area (Å²) in [6.07, 6.45) is 0. The Morgan fingerprint density at radius 3 is 0.429 bits per heavy atom. The van der Waals surface area contributed by atoms with E-state index >= 15 is 0 Å². The molecule has 0 rings (SSSR count). The fraction of sp³-hybridized carbons (Fsp3) is 1.00. The molecule has 0 spiro atoms. The molecule has 0 fully saturated rings. The Labute approximate surface area is 148 Å². The van der Waals surface area contributed by atoms with Crippen LogP contribution in [-0.2, 0) is 19.5 Å². The van der Waals surface area contributed by atoms with Gasteiger partial charge in [0, 0.05) is 0 Å². The van der Waals surface area contributed by atoms with Crippen molar-refractivity contribution in [2.45, 2.75) is 55.4 Å². The van der Waals surface area contributed by atoms with Gasteiger partial charge in [0.1, 0.15) is 0 Å². The molecule has 0 aromatic heterocycles. The van der Waals surface area contributed by atoms with E-state index in [9.17, 15) is 0 Å². The quantitative estimate of drug-likeness (QED) is 0.485. The smallest absolute Gasteiger partial charge is 0.663 e. The third-order valence-electron chi connectivity index (χ3n) is 1.79. The van der Waals surface area contributed by atoms with Crippen molar-refractivity contribution in [1.82, 2.24) is 0 Å². The normalized spacial score (nSPS) is 8.00. The molecule has 5 heteroatoms. The minimum atomic E-state index is 0. The molecule has 0 aliphatic rings. The van der Waals surface area contributed by atoms with E-state index in [1.54, 1.807) is 0 Å². The Morgan fingerprint density at radius 2 is 0.429 bits per heavy atom. The maximum Gasteiger partial charge on any atom is 4.00 e. The molecule has 0 aromatic carbocycles. The van der Waals surface area contributed by atoms with Crippen LogP contribution in [-0.4, -0.2) is 52.4 Å². The van der Waals surface area contributed by atoms with Crippen LogP contribution in [0.25, 0.3) is 21.3 Å². The van der Waals surface area contributed by atoms with E-state index in [1.807, 2.05) is 55.4 Å². The first kappa shape index (κ1) is 33.2. The monoisotopic (exact) mass is 390 g/mol. The first-order valence-electron chi connectivity index (χ1n) is 8.19. The second-order valence-corrected chi connectivity index (χ2v) is 3.42. The van der Waals surface area contributed by atoms with Crippen molar-refractivity contribution in [1.29, 1.82) is 0 Å². The zero-order chi connectivity index (χ0) is 16.5. The predicted octanol–water partition coefficient (Wildman–Crippen LogP) is 5.60. The van der Waals surface area contributed by atoms with Crippen molar-refractivity contribution in [3.63, 3.8) is 0 Å². The Kier molecular flexibility index (Phi) is 78.8. The fourth-order valence-electron chi connectivity index (χ4n) is 0.894. The molecule has 0 heterocycles. The van der Waals surface area contributed by atoms with Crippen LogP contribution in [0.2, 0.25) is 0 Å². The van der Waals surface area contributed by atoms with Crippen molar-refractivity contribution in [2.24, 2.45) is 0 Å². The zero-order valence-corrected chi connectivity index (χ0v) is 17.5. The second kappa shape index (κ2) is 49.9. The molecule has 4 nitrogen and oxygen atoms in total. The standard InChI is InChI=1S/4C4H10N.Ru/c4*1-3-5-4-2;/h4*3-4H2,1-2H3;/q4*-1;+4. The van der Waals surface area contributed by atoms with E-state index in [0.29, 0.717) is 0 Å². The molecule has 0 atom stereocenters. The van der Waals surface area contributed by atoms with Gasteiger partial charge in [0.15, 0.2) is 0 Å². The van der Waals surface area contributed by atoms with E-state index < -0.39 is 0 Å². The van der Waals surface area contributed by atoms with Crippen molar-refractivity contribution in [2.75, 3.05) is 52.4 Å². The van der Waals surface area contributed by atoms with Crippen LogP contribution in [0.1, 0.15) is 55.4 Å². The molecule has 0 bridgehead atoms. The molecule has 132 valence electrons. The average Bonchev–Trinajstić information content (AvgIpc) is 2.44. The van der Waals surface area contributed by atoms with Gasteiger partial charge in [-0.05, 0) is 0 Å². The maximum absolute atomic E-state index is 3.97. The van der Waals surface area contributed by atoms with Gasteiger partial charge in [-0.2, -0.15) is 52.4 Å². The molecular weight excluding hydrogens is 349 g/mol. The molecule has 0 unspecified atom stereocenters. The average molecular weight is 390 g/mol. The predicted molar refractivity (Wildman–Crippen MR) is 97.8 cm³/mol. The molecule has 21 heavy (non-hydrogen) atoms. The SMILES string of the molecule is CC[N-]CC.CC[N-]CC.CC[N-]CC.CC[N-]CC.[Ru+4]. The molecule has 0 aliphatic carbocycles. The van der Waals surface area contributed by atoms with Gasteiger partial charge in [-0.3, -0.25) is 0 Å². The van der Waals surface area contributed by atoms with Crippen molar-refractivity contribution in [3.05, 3.63) is 21.3 Å². The van der Waals surface area contributed by atoms with Crippen molar-refractivity contribution < 1.29 is 19.5 Å². The first-order valence-corrected chi connectivity index (χ1v) is 8.19. The van der Waals surface area contributed by atoms with E-state index in [4.69, 9.17) is 0 Å². The minimum Gasteiger partial charge on any atom is -0.663 e. The largest absolute Gasteiger partial charge is 4.00 e. The van der Waals surface area contributed by atoms with Crippen LogP contribution >= 0.6 is 0 Å². The molecular formula is C16H40N4Ru. The van der Waals surface area contributed by atoms with Gasteiger partial charge in [0.2, 0.25) is 0 Å². The van der Waals surface area contributed by atoms with E-state index in [0.717, 1.165) is 52.4 Å². The summed E-state index contributed by atoms with van der Waals surface area (Å²) in [7, 11) is 0. The third-order valence-corrected chi connectivity index (χ3v) is 1.79. The Hall–Kier alpha value is 0.463. The Balaban J connectivity index is -0.0000000533. The molecule has 0 saturated heterocycles. The number of nitrogens with zero attached hydrogens (tertiary/aromatic N) is 4. The van der Waals surface area contributed by atoms with Gasteiger partial charge < -0.3 is 21.3 Å². The van der Waals surface area contributed by atoms with Crippen molar-refractivity contribution in [3.8, 4) is 0 Å². The minimum absolute atomic E-state index is 0. The summed E-state index contributed by atoms with van der Waals surface area (Å²) in [4.78, 5) is 0. The van der Waals surface area contributed by atoms with Crippen LogP contribution in [0.15, 0.2) is 0 Å². The summed E-state index contributed by atoms with van der Waals surface area (Å²) < 4.78 is 0. The fourth-order valence-corrected chi connectivity index (χ4v) is 0.894.